The summed E-state index contributed by atoms with van der Waals surface area (Å²) in [5.74, 6) is -0.410. The molecule has 1 rings (SSSR count). The summed E-state index contributed by atoms with van der Waals surface area (Å²) in [6, 6.07) is 0. The summed E-state index contributed by atoms with van der Waals surface area (Å²) in [4.78, 5) is 18.6. The van der Waals surface area contributed by atoms with Crippen molar-refractivity contribution in [1.82, 2.24) is 9.97 Å². The van der Waals surface area contributed by atoms with E-state index in [1.807, 2.05) is 6.26 Å². The van der Waals surface area contributed by atoms with Crippen molar-refractivity contribution >= 4 is 29.3 Å². The maximum Gasteiger partial charge on any atom is 0.309 e. The molecule has 0 bridgehead atoms. The highest BCUT2D eigenvalue weighted by Gasteiger charge is 2.12. The Balaban J connectivity index is 3.15. The number of aryl methyl sites for hydroxylation is 1. The van der Waals surface area contributed by atoms with Crippen LogP contribution in [0.2, 0.25) is 5.02 Å². The van der Waals surface area contributed by atoms with Crippen LogP contribution in [0.25, 0.3) is 0 Å². The van der Waals surface area contributed by atoms with Gasteiger partial charge in [0.05, 0.1) is 17.1 Å². The zero-order valence-electron chi connectivity index (χ0n) is 7.74. The molecule has 1 aromatic heterocycles. The summed E-state index contributed by atoms with van der Waals surface area (Å²) in [5, 5.41) is 9.58. The van der Waals surface area contributed by atoms with Gasteiger partial charge < -0.3 is 5.11 Å². The Kier molecular flexibility index (Phi) is 3.71. The lowest BCUT2D eigenvalue weighted by atomic mass is 10.3. The highest BCUT2D eigenvalue weighted by Crippen LogP contribution is 2.25. The fourth-order valence-corrected chi connectivity index (χ4v) is 1.89. The van der Waals surface area contributed by atoms with Crippen molar-refractivity contribution in [3.63, 3.8) is 0 Å². The topological polar surface area (TPSA) is 63.1 Å². The van der Waals surface area contributed by atoms with Crippen LogP contribution >= 0.6 is 23.4 Å². The molecule has 1 heterocycles. The van der Waals surface area contributed by atoms with Gasteiger partial charge in [-0.2, -0.15) is 0 Å². The predicted octanol–water partition coefficient (Wildman–Crippen LogP) is 1.79. The van der Waals surface area contributed by atoms with Crippen LogP contribution in [0, 0.1) is 6.92 Å². The maximum atomic E-state index is 10.5. The first-order valence-electron chi connectivity index (χ1n) is 3.83. The average Bonchev–Trinajstić information content (AvgIpc) is 2.09. The number of carbonyl (C=O) groups is 1. The van der Waals surface area contributed by atoms with Gasteiger partial charge in [0.15, 0.2) is 0 Å². The standard InChI is InChI=1S/C8H9ClN2O2S/c1-4-10-5(3-6(12)13)7(9)8(11-4)14-2/h3H2,1-2H3,(H,12,13). The molecule has 76 valence electrons. The Morgan fingerprint density at radius 2 is 2.21 bits per heavy atom. The van der Waals surface area contributed by atoms with E-state index in [0.29, 0.717) is 21.6 Å². The van der Waals surface area contributed by atoms with E-state index in [9.17, 15) is 4.79 Å². The molecule has 0 aliphatic rings. The monoisotopic (exact) mass is 232 g/mol. The molecule has 0 saturated carbocycles. The van der Waals surface area contributed by atoms with Gasteiger partial charge in [-0.3, -0.25) is 4.79 Å². The Morgan fingerprint density at radius 3 is 2.71 bits per heavy atom. The van der Waals surface area contributed by atoms with Gasteiger partial charge in [-0.15, -0.1) is 11.8 Å². The van der Waals surface area contributed by atoms with Crippen LogP contribution in [-0.2, 0) is 11.2 Å². The summed E-state index contributed by atoms with van der Waals surface area (Å²) in [7, 11) is 0. The first kappa shape index (κ1) is 11.3. The molecule has 1 aromatic rings. The Labute approximate surface area is 90.7 Å². The van der Waals surface area contributed by atoms with Gasteiger partial charge in [-0.25, -0.2) is 9.97 Å². The number of hydrogen-bond donors (Lipinski definition) is 1. The van der Waals surface area contributed by atoms with Crippen LogP contribution in [-0.4, -0.2) is 27.3 Å². The average molecular weight is 233 g/mol. The lowest BCUT2D eigenvalue weighted by molar-refractivity contribution is -0.136. The number of carboxylic acids is 1. The van der Waals surface area contributed by atoms with Gasteiger partial charge >= 0.3 is 5.97 Å². The second-order valence-electron chi connectivity index (χ2n) is 2.61. The van der Waals surface area contributed by atoms with Crippen LogP contribution in [0.3, 0.4) is 0 Å². The van der Waals surface area contributed by atoms with Crippen LogP contribution in [0.1, 0.15) is 11.5 Å². The van der Waals surface area contributed by atoms with Gasteiger partial charge in [0.1, 0.15) is 10.9 Å². The van der Waals surface area contributed by atoms with Crippen molar-refractivity contribution in [1.29, 1.82) is 0 Å². The van der Waals surface area contributed by atoms with Crippen LogP contribution < -0.4 is 0 Å². The molecular formula is C8H9ClN2O2S. The van der Waals surface area contributed by atoms with Crippen LogP contribution in [0.15, 0.2) is 5.03 Å². The van der Waals surface area contributed by atoms with E-state index in [-0.39, 0.29) is 6.42 Å². The van der Waals surface area contributed by atoms with Crippen molar-refractivity contribution in [3.8, 4) is 0 Å². The fraction of sp³-hybridized carbons (Fsp3) is 0.375. The number of halogens is 1. The number of nitrogens with zero attached hydrogens (tertiary/aromatic N) is 2. The van der Waals surface area contributed by atoms with Gasteiger partial charge in [-0.05, 0) is 13.2 Å². The zero-order chi connectivity index (χ0) is 10.7. The first-order valence-corrected chi connectivity index (χ1v) is 5.43. The molecule has 0 fully saturated rings. The lowest BCUT2D eigenvalue weighted by Gasteiger charge is -2.05. The summed E-state index contributed by atoms with van der Waals surface area (Å²) >= 11 is 7.29. The first-order chi connectivity index (χ1) is 6.54. The second kappa shape index (κ2) is 4.61. The molecule has 14 heavy (non-hydrogen) atoms. The minimum absolute atomic E-state index is 0.171. The quantitative estimate of drug-likeness (QED) is 0.636. The molecule has 0 amide bonds. The van der Waals surface area contributed by atoms with Crippen LogP contribution in [0.5, 0.6) is 0 Å². The Hall–Kier alpha value is -0.810. The number of rotatable bonds is 3. The number of aliphatic carboxylic acids is 1. The third kappa shape index (κ3) is 2.59. The maximum absolute atomic E-state index is 10.5. The number of aromatic nitrogens is 2. The molecule has 0 spiro atoms. The van der Waals surface area contributed by atoms with E-state index in [4.69, 9.17) is 16.7 Å². The number of thioether (sulfide) groups is 1. The molecule has 0 aromatic carbocycles. The van der Waals surface area contributed by atoms with Crippen molar-refractivity contribution in [2.24, 2.45) is 0 Å². The smallest absolute Gasteiger partial charge is 0.309 e. The van der Waals surface area contributed by atoms with Crippen molar-refractivity contribution < 1.29 is 9.90 Å². The van der Waals surface area contributed by atoms with E-state index < -0.39 is 5.97 Å². The Bertz CT molecular complexity index is 371. The third-order valence-electron chi connectivity index (χ3n) is 1.51. The molecule has 6 heteroatoms. The summed E-state index contributed by atoms with van der Waals surface area (Å²) in [6.45, 7) is 1.71. The van der Waals surface area contributed by atoms with Crippen LogP contribution in [0.4, 0.5) is 0 Å². The molecular weight excluding hydrogens is 224 g/mol. The Morgan fingerprint density at radius 1 is 1.57 bits per heavy atom. The molecule has 0 aliphatic carbocycles. The highest BCUT2D eigenvalue weighted by atomic mass is 35.5. The van der Waals surface area contributed by atoms with E-state index in [2.05, 4.69) is 9.97 Å². The molecule has 4 nitrogen and oxygen atoms in total. The molecule has 0 unspecified atom stereocenters. The van der Waals surface area contributed by atoms with E-state index in [1.165, 1.54) is 11.8 Å². The minimum Gasteiger partial charge on any atom is -0.481 e. The molecule has 0 aliphatic heterocycles. The highest BCUT2D eigenvalue weighted by molar-refractivity contribution is 7.98. The summed E-state index contributed by atoms with van der Waals surface area (Å²) < 4.78 is 0. The van der Waals surface area contributed by atoms with Crippen molar-refractivity contribution in [2.75, 3.05) is 6.26 Å². The van der Waals surface area contributed by atoms with E-state index in [0.717, 1.165) is 0 Å². The third-order valence-corrected chi connectivity index (χ3v) is 2.70. The van der Waals surface area contributed by atoms with E-state index in [1.54, 1.807) is 6.92 Å². The molecule has 1 N–H and O–H groups in total. The largest absolute Gasteiger partial charge is 0.481 e. The fourth-order valence-electron chi connectivity index (χ4n) is 0.984. The number of carboxylic acid groups (broad SMARTS) is 1. The molecule has 0 radical (unpaired) electrons. The molecule has 0 atom stereocenters. The van der Waals surface area contributed by atoms with Crippen molar-refractivity contribution in [2.45, 2.75) is 18.4 Å². The summed E-state index contributed by atoms with van der Waals surface area (Å²) in [5.41, 5.74) is 0.371. The van der Waals surface area contributed by atoms with Gasteiger partial charge in [0.2, 0.25) is 0 Å². The van der Waals surface area contributed by atoms with Gasteiger partial charge in [-0.1, -0.05) is 11.6 Å². The zero-order valence-corrected chi connectivity index (χ0v) is 9.32. The predicted molar refractivity (Wildman–Crippen MR) is 54.9 cm³/mol. The summed E-state index contributed by atoms with van der Waals surface area (Å²) in [6.07, 6.45) is 1.66. The molecule has 0 saturated heterocycles. The van der Waals surface area contributed by atoms with E-state index >= 15 is 0 Å². The van der Waals surface area contributed by atoms with Crippen molar-refractivity contribution in [3.05, 3.63) is 16.5 Å². The number of hydrogen-bond acceptors (Lipinski definition) is 4. The SMILES string of the molecule is CSc1nc(C)nc(CC(=O)O)c1Cl. The second-order valence-corrected chi connectivity index (χ2v) is 3.78. The minimum atomic E-state index is -0.947. The van der Waals surface area contributed by atoms with Gasteiger partial charge in [0.25, 0.3) is 0 Å². The normalized spacial score (nSPS) is 10.2. The lowest BCUT2D eigenvalue weighted by Crippen LogP contribution is -2.06. The van der Waals surface area contributed by atoms with Gasteiger partial charge in [0, 0.05) is 0 Å².